The van der Waals surface area contributed by atoms with Gasteiger partial charge in [0.05, 0.1) is 12.6 Å². The molecule has 1 atom stereocenters. The summed E-state index contributed by atoms with van der Waals surface area (Å²) >= 11 is 0. The van der Waals surface area contributed by atoms with Crippen LogP contribution in [-0.4, -0.2) is 38.7 Å². The van der Waals surface area contributed by atoms with Crippen molar-refractivity contribution < 1.29 is 4.79 Å². The van der Waals surface area contributed by atoms with Gasteiger partial charge in [-0.05, 0) is 19.4 Å². The Morgan fingerprint density at radius 2 is 2.04 bits per heavy atom. The summed E-state index contributed by atoms with van der Waals surface area (Å²) in [5.74, 6) is 2.05. The van der Waals surface area contributed by atoms with E-state index in [2.05, 4.69) is 25.0 Å². The van der Waals surface area contributed by atoms with E-state index in [1.807, 2.05) is 44.2 Å². The molecule has 122 valence electrons. The van der Waals surface area contributed by atoms with Crippen LogP contribution in [-0.2, 0) is 17.9 Å². The maximum Gasteiger partial charge on any atom is 0.221 e. The van der Waals surface area contributed by atoms with E-state index in [0.29, 0.717) is 6.42 Å². The molecule has 0 radical (unpaired) electrons. The first kappa shape index (κ1) is 15.7. The Morgan fingerprint density at radius 1 is 1.26 bits per heavy atom. The first-order valence-corrected chi connectivity index (χ1v) is 8.09. The third kappa shape index (κ3) is 3.76. The Bertz CT molecular complexity index is 667. The molecule has 0 fully saturated rings. The van der Waals surface area contributed by atoms with Gasteiger partial charge in [-0.25, -0.2) is 0 Å². The van der Waals surface area contributed by atoms with Gasteiger partial charge >= 0.3 is 0 Å². The first-order valence-electron chi connectivity index (χ1n) is 8.09. The second kappa shape index (κ2) is 6.91. The minimum absolute atomic E-state index is 0.0378. The molecule has 1 aliphatic heterocycles. The van der Waals surface area contributed by atoms with E-state index >= 15 is 0 Å². The minimum atomic E-state index is 0.0378. The highest BCUT2D eigenvalue weighted by Gasteiger charge is 2.20. The van der Waals surface area contributed by atoms with Gasteiger partial charge in [-0.15, -0.1) is 10.2 Å². The predicted octanol–water partition coefficient (Wildman–Crippen LogP) is 1.67. The van der Waals surface area contributed by atoms with Gasteiger partial charge in [0.2, 0.25) is 5.91 Å². The van der Waals surface area contributed by atoms with Crippen LogP contribution in [0.5, 0.6) is 0 Å². The number of amides is 1. The normalized spacial score (nSPS) is 15.9. The highest BCUT2D eigenvalue weighted by molar-refractivity contribution is 5.76. The molecule has 1 amide bonds. The average Bonchev–Trinajstić information content (AvgIpc) is 2.94. The monoisotopic (exact) mass is 313 g/mol. The van der Waals surface area contributed by atoms with Crippen molar-refractivity contribution >= 4 is 5.91 Å². The van der Waals surface area contributed by atoms with Crippen LogP contribution in [0.25, 0.3) is 0 Å². The largest absolute Gasteiger partial charge is 0.350 e. The molecule has 1 aromatic carbocycles. The molecule has 0 saturated heterocycles. The van der Waals surface area contributed by atoms with Crippen molar-refractivity contribution in [1.29, 1.82) is 0 Å². The molecule has 1 N–H and O–H groups in total. The molecule has 1 aromatic heterocycles. The number of aromatic nitrogens is 3. The van der Waals surface area contributed by atoms with E-state index < -0.39 is 0 Å². The SMILES string of the molecule is Cc1nnc2n1CCN(CCC(=O)N[C@@H](C)c1ccccc1)C2. The third-order valence-electron chi connectivity index (χ3n) is 4.35. The fourth-order valence-electron chi connectivity index (χ4n) is 2.94. The molecule has 0 spiro atoms. The van der Waals surface area contributed by atoms with Crippen LogP contribution in [0.4, 0.5) is 0 Å². The summed E-state index contributed by atoms with van der Waals surface area (Å²) in [6.45, 7) is 7.34. The standard InChI is InChI=1S/C17H23N5O/c1-13(15-6-4-3-5-7-15)18-17(23)8-9-21-10-11-22-14(2)19-20-16(22)12-21/h3-7,13H,8-12H2,1-2H3,(H,18,23)/t13-/m0/s1. The number of carbonyl (C=O) groups is 1. The molecule has 1 aliphatic rings. The number of fused-ring (bicyclic) bond motifs is 1. The van der Waals surface area contributed by atoms with Crippen LogP contribution in [0.15, 0.2) is 30.3 Å². The van der Waals surface area contributed by atoms with Crippen molar-refractivity contribution in [2.75, 3.05) is 13.1 Å². The second-order valence-corrected chi connectivity index (χ2v) is 6.04. The van der Waals surface area contributed by atoms with Crippen molar-refractivity contribution in [1.82, 2.24) is 25.0 Å². The van der Waals surface area contributed by atoms with Crippen molar-refractivity contribution in [3.8, 4) is 0 Å². The first-order chi connectivity index (χ1) is 11.1. The maximum absolute atomic E-state index is 12.1. The number of hydrogen-bond acceptors (Lipinski definition) is 4. The number of nitrogens with zero attached hydrogens (tertiary/aromatic N) is 4. The summed E-state index contributed by atoms with van der Waals surface area (Å²) in [6.07, 6.45) is 0.504. The summed E-state index contributed by atoms with van der Waals surface area (Å²) in [5.41, 5.74) is 1.13. The van der Waals surface area contributed by atoms with Gasteiger partial charge in [0.15, 0.2) is 0 Å². The average molecular weight is 313 g/mol. The number of benzene rings is 1. The van der Waals surface area contributed by atoms with E-state index in [1.54, 1.807) is 0 Å². The Labute approximate surface area is 136 Å². The lowest BCUT2D eigenvalue weighted by Crippen LogP contribution is -2.37. The lowest BCUT2D eigenvalue weighted by atomic mass is 10.1. The Kier molecular flexibility index (Phi) is 4.71. The molecular weight excluding hydrogens is 290 g/mol. The smallest absolute Gasteiger partial charge is 0.221 e. The van der Waals surface area contributed by atoms with Gasteiger partial charge < -0.3 is 9.88 Å². The summed E-state index contributed by atoms with van der Waals surface area (Å²) in [6, 6.07) is 10.1. The third-order valence-corrected chi connectivity index (χ3v) is 4.35. The van der Waals surface area contributed by atoms with E-state index in [-0.39, 0.29) is 11.9 Å². The zero-order chi connectivity index (χ0) is 16.2. The fourth-order valence-corrected chi connectivity index (χ4v) is 2.94. The number of aryl methyl sites for hydroxylation is 1. The molecule has 0 unspecified atom stereocenters. The molecule has 6 heteroatoms. The summed E-state index contributed by atoms with van der Waals surface area (Å²) in [4.78, 5) is 14.4. The van der Waals surface area contributed by atoms with Gasteiger partial charge in [-0.1, -0.05) is 30.3 Å². The van der Waals surface area contributed by atoms with Crippen molar-refractivity contribution in [3.05, 3.63) is 47.5 Å². The topological polar surface area (TPSA) is 63.1 Å². The molecule has 0 aliphatic carbocycles. The summed E-state index contributed by atoms with van der Waals surface area (Å²) < 4.78 is 2.15. The van der Waals surface area contributed by atoms with Crippen LogP contribution >= 0.6 is 0 Å². The van der Waals surface area contributed by atoms with Crippen LogP contribution in [0.3, 0.4) is 0 Å². The predicted molar refractivity (Wildman–Crippen MR) is 87.7 cm³/mol. The van der Waals surface area contributed by atoms with Gasteiger partial charge in [0.25, 0.3) is 0 Å². The quantitative estimate of drug-likeness (QED) is 0.912. The maximum atomic E-state index is 12.1. The molecule has 2 heterocycles. The van der Waals surface area contributed by atoms with E-state index in [9.17, 15) is 4.79 Å². The molecule has 3 rings (SSSR count). The fraction of sp³-hybridized carbons (Fsp3) is 0.471. The zero-order valence-electron chi connectivity index (χ0n) is 13.7. The molecule has 0 saturated carbocycles. The molecule has 23 heavy (non-hydrogen) atoms. The Morgan fingerprint density at radius 3 is 2.83 bits per heavy atom. The number of carbonyl (C=O) groups excluding carboxylic acids is 1. The van der Waals surface area contributed by atoms with E-state index in [4.69, 9.17) is 0 Å². The Hall–Kier alpha value is -2.21. The van der Waals surface area contributed by atoms with Crippen LogP contribution in [0.2, 0.25) is 0 Å². The van der Waals surface area contributed by atoms with Crippen molar-refractivity contribution in [2.45, 2.75) is 39.4 Å². The minimum Gasteiger partial charge on any atom is -0.350 e. The van der Waals surface area contributed by atoms with Gasteiger partial charge in [-0.3, -0.25) is 9.69 Å². The van der Waals surface area contributed by atoms with E-state index in [1.165, 1.54) is 0 Å². The molecule has 0 bridgehead atoms. The van der Waals surface area contributed by atoms with Crippen molar-refractivity contribution in [3.63, 3.8) is 0 Å². The van der Waals surface area contributed by atoms with Crippen molar-refractivity contribution in [2.24, 2.45) is 0 Å². The van der Waals surface area contributed by atoms with Crippen LogP contribution < -0.4 is 5.32 Å². The number of nitrogens with one attached hydrogen (secondary N) is 1. The Balaban J connectivity index is 1.46. The highest BCUT2D eigenvalue weighted by Crippen LogP contribution is 2.13. The highest BCUT2D eigenvalue weighted by atomic mass is 16.1. The summed E-state index contributed by atoms with van der Waals surface area (Å²) in [7, 11) is 0. The van der Waals surface area contributed by atoms with Gasteiger partial charge in [-0.2, -0.15) is 0 Å². The lowest BCUT2D eigenvalue weighted by Gasteiger charge is -2.27. The van der Waals surface area contributed by atoms with Crippen LogP contribution in [0.1, 0.15) is 36.6 Å². The molecule has 2 aromatic rings. The lowest BCUT2D eigenvalue weighted by molar-refractivity contribution is -0.122. The summed E-state index contributed by atoms with van der Waals surface area (Å²) in [5, 5.41) is 11.4. The van der Waals surface area contributed by atoms with Gasteiger partial charge in [0, 0.05) is 26.1 Å². The van der Waals surface area contributed by atoms with Gasteiger partial charge in [0.1, 0.15) is 11.6 Å². The number of rotatable bonds is 5. The van der Waals surface area contributed by atoms with Crippen LogP contribution in [0, 0.1) is 6.92 Å². The second-order valence-electron chi connectivity index (χ2n) is 6.04. The zero-order valence-corrected chi connectivity index (χ0v) is 13.7. The molecule has 6 nitrogen and oxygen atoms in total. The molecular formula is C17H23N5O. The van der Waals surface area contributed by atoms with E-state index in [0.717, 1.165) is 43.4 Å². The number of hydrogen-bond donors (Lipinski definition) is 1.